The summed E-state index contributed by atoms with van der Waals surface area (Å²) in [5.41, 5.74) is 5.69. The molecule has 0 unspecified atom stereocenters. The molecule has 3 N–H and O–H groups in total. The molecule has 0 fully saturated rings. The van der Waals surface area contributed by atoms with E-state index in [1.807, 2.05) is 0 Å². The summed E-state index contributed by atoms with van der Waals surface area (Å²) in [6.45, 7) is 0. The minimum absolute atomic E-state index is 0. The minimum atomic E-state index is 0. The quantitative estimate of drug-likeness (QED) is 0.304. The summed E-state index contributed by atoms with van der Waals surface area (Å²) in [5.74, 6) is 0.146. The molecule has 0 aliphatic heterocycles. The topological polar surface area (TPSA) is 46.2 Å². The first-order valence-corrected chi connectivity index (χ1v) is 2.34. The van der Waals surface area contributed by atoms with Gasteiger partial charge in [0, 0.05) is 0 Å². The van der Waals surface area contributed by atoms with Crippen LogP contribution in [-0.4, -0.2) is 34.7 Å². The molecule has 0 amide bonds. The molecule has 0 bridgehead atoms. The number of hydrogen-bond acceptors (Lipinski definition) is 2. The van der Waals surface area contributed by atoms with Crippen molar-refractivity contribution in [2.45, 2.75) is 0 Å². The molecule has 0 atom stereocenters. The zero-order valence-corrected chi connectivity index (χ0v) is 4.33. The van der Waals surface area contributed by atoms with Crippen molar-refractivity contribution in [3.8, 4) is 5.75 Å². The van der Waals surface area contributed by atoms with Crippen LogP contribution in [0.15, 0.2) is 24.3 Å². The van der Waals surface area contributed by atoms with E-state index in [2.05, 4.69) is 0 Å². The first-order valence-electron chi connectivity index (χ1n) is 2.34. The van der Waals surface area contributed by atoms with Gasteiger partial charge in [-0.2, -0.15) is 0 Å². The molecule has 0 aromatic heterocycles. The normalized spacial score (nSPS) is 8.00. The standard InChI is InChI=1S/C6H7NO.Na.H/c7-5-3-1-2-4-6(5)8;;/h1-4,8H,7H2;;. The Morgan fingerprint density at radius 2 is 1.78 bits per heavy atom. The summed E-state index contributed by atoms with van der Waals surface area (Å²) < 4.78 is 0. The van der Waals surface area contributed by atoms with Crippen LogP contribution in [-0.2, 0) is 0 Å². The van der Waals surface area contributed by atoms with Crippen molar-refractivity contribution in [3.63, 3.8) is 0 Å². The summed E-state index contributed by atoms with van der Waals surface area (Å²) in [5, 5.41) is 8.79. The van der Waals surface area contributed by atoms with Gasteiger partial charge >= 0.3 is 29.6 Å². The number of para-hydroxylation sites is 2. The molecule has 0 saturated carbocycles. The SMILES string of the molecule is Nc1ccccc1O.[NaH]. The third kappa shape index (κ3) is 2.26. The van der Waals surface area contributed by atoms with Crippen LogP contribution in [0.25, 0.3) is 0 Å². The summed E-state index contributed by atoms with van der Waals surface area (Å²) in [6.07, 6.45) is 0. The van der Waals surface area contributed by atoms with Gasteiger partial charge in [0.2, 0.25) is 0 Å². The van der Waals surface area contributed by atoms with Gasteiger partial charge in [0.05, 0.1) is 5.69 Å². The number of phenols is 1. The number of aromatic hydroxyl groups is 1. The van der Waals surface area contributed by atoms with E-state index in [0.717, 1.165) is 0 Å². The van der Waals surface area contributed by atoms with Gasteiger partial charge in [0.1, 0.15) is 5.75 Å². The van der Waals surface area contributed by atoms with Crippen molar-refractivity contribution in [1.82, 2.24) is 0 Å². The fourth-order valence-corrected chi connectivity index (χ4v) is 0.488. The molecule has 1 aromatic carbocycles. The molecular formula is C6H8NNaO. The maximum atomic E-state index is 8.79. The average molecular weight is 133 g/mol. The van der Waals surface area contributed by atoms with Crippen LogP contribution in [0.2, 0.25) is 0 Å². The van der Waals surface area contributed by atoms with Crippen LogP contribution >= 0.6 is 0 Å². The van der Waals surface area contributed by atoms with Crippen molar-refractivity contribution in [3.05, 3.63) is 24.3 Å². The number of hydrogen-bond donors (Lipinski definition) is 2. The Labute approximate surface area is 76.0 Å². The van der Waals surface area contributed by atoms with E-state index in [1.165, 1.54) is 0 Å². The summed E-state index contributed by atoms with van der Waals surface area (Å²) >= 11 is 0. The van der Waals surface area contributed by atoms with Crippen LogP contribution in [0.4, 0.5) is 5.69 Å². The van der Waals surface area contributed by atoms with Crippen LogP contribution in [0.1, 0.15) is 0 Å². The molecular weight excluding hydrogens is 125 g/mol. The van der Waals surface area contributed by atoms with E-state index >= 15 is 0 Å². The van der Waals surface area contributed by atoms with E-state index in [0.29, 0.717) is 5.69 Å². The Hall–Kier alpha value is -0.180. The zero-order valence-electron chi connectivity index (χ0n) is 4.33. The number of anilines is 1. The molecule has 1 rings (SSSR count). The van der Waals surface area contributed by atoms with E-state index in [-0.39, 0.29) is 35.3 Å². The number of rotatable bonds is 0. The second kappa shape index (κ2) is 3.77. The van der Waals surface area contributed by atoms with Gasteiger partial charge in [-0.3, -0.25) is 0 Å². The van der Waals surface area contributed by atoms with E-state index in [1.54, 1.807) is 24.3 Å². The summed E-state index contributed by atoms with van der Waals surface area (Å²) in [6, 6.07) is 6.70. The van der Waals surface area contributed by atoms with Gasteiger partial charge in [-0.05, 0) is 12.1 Å². The fourth-order valence-electron chi connectivity index (χ4n) is 0.488. The first kappa shape index (κ1) is 8.82. The van der Waals surface area contributed by atoms with Gasteiger partial charge in [-0.25, -0.2) is 0 Å². The summed E-state index contributed by atoms with van der Waals surface area (Å²) in [7, 11) is 0. The van der Waals surface area contributed by atoms with Gasteiger partial charge in [-0.1, -0.05) is 12.1 Å². The van der Waals surface area contributed by atoms with E-state index in [9.17, 15) is 0 Å². The van der Waals surface area contributed by atoms with Gasteiger partial charge < -0.3 is 10.8 Å². The predicted octanol–water partition coefficient (Wildman–Crippen LogP) is 0.326. The average Bonchev–Trinajstić information content (AvgIpc) is 1.77. The Bertz CT molecular complexity index is 169. The molecule has 1 aromatic rings. The Kier molecular flexibility index (Phi) is 3.70. The molecule has 44 valence electrons. The van der Waals surface area contributed by atoms with Gasteiger partial charge in [0.15, 0.2) is 0 Å². The number of nitrogen functional groups attached to an aromatic ring is 1. The number of benzene rings is 1. The molecule has 0 saturated heterocycles. The second-order valence-electron chi connectivity index (χ2n) is 1.56. The molecule has 0 spiro atoms. The molecule has 3 heteroatoms. The van der Waals surface area contributed by atoms with Crippen molar-refractivity contribution in [2.24, 2.45) is 0 Å². The van der Waals surface area contributed by atoms with E-state index in [4.69, 9.17) is 10.8 Å². The van der Waals surface area contributed by atoms with Crippen molar-refractivity contribution in [1.29, 1.82) is 0 Å². The Morgan fingerprint density at radius 1 is 1.22 bits per heavy atom. The molecule has 9 heavy (non-hydrogen) atoms. The zero-order chi connectivity index (χ0) is 5.98. The summed E-state index contributed by atoms with van der Waals surface area (Å²) in [4.78, 5) is 0. The maximum absolute atomic E-state index is 8.79. The Balaban J connectivity index is 0.000000640. The van der Waals surface area contributed by atoms with Crippen molar-refractivity contribution >= 4 is 35.2 Å². The first-order chi connectivity index (χ1) is 3.80. The van der Waals surface area contributed by atoms with Crippen LogP contribution < -0.4 is 5.73 Å². The van der Waals surface area contributed by atoms with Gasteiger partial charge in [-0.15, -0.1) is 0 Å². The molecule has 2 nitrogen and oxygen atoms in total. The van der Waals surface area contributed by atoms with Crippen molar-refractivity contribution in [2.75, 3.05) is 5.73 Å². The van der Waals surface area contributed by atoms with Gasteiger partial charge in [0.25, 0.3) is 0 Å². The second-order valence-corrected chi connectivity index (χ2v) is 1.56. The predicted molar refractivity (Wildman–Crippen MR) is 39.7 cm³/mol. The van der Waals surface area contributed by atoms with Crippen LogP contribution in [0.5, 0.6) is 5.75 Å². The third-order valence-electron chi connectivity index (χ3n) is 0.937. The van der Waals surface area contributed by atoms with Crippen molar-refractivity contribution < 1.29 is 5.11 Å². The number of phenolic OH excluding ortho intramolecular Hbond substituents is 1. The van der Waals surface area contributed by atoms with E-state index < -0.39 is 0 Å². The van der Waals surface area contributed by atoms with Crippen LogP contribution in [0.3, 0.4) is 0 Å². The third-order valence-corrected chi connectivity index (χ3v) is 0.937. The Morgan fingerprint density at radius 3 is 2.11 bits per heavy atom. The van der Waals surface area contributed by atoms with Crippen LogP contribution in [0, 0.1) is 0 Å². The monoisotopic (exact) mass is 133 g/mol. The molecule has 0 radical (unpaired) electrons. The molecule has 0 heterocycles. The number of nitrogens with two attached hydrogens (primary N) is 1. The molecule has 0 aliphatic rings. The fraction of sp³-hybridized carbons (Fsp3) is 0. The molecule has 0 aliphatic carbocycles.